The van der Waals surface area contributed by atoms with Gasteiger partial charge in [-0.25, -0.2) is 0 Å². The number of ether oxygens (including phenoxy) is 1. The summed E-state index contributed by atoms with van der Waals surface area (Å²) < 4.78 is 5.08. The monoisotopic (exact) mass is 281 g/mol. The van der Waals surface area contributed by atoms with Crippen LogP contribution in [0.5, 0.6) is 0 Å². The Bertz CT molecular complexity index is 453. The van der Waals surface area contributed by atoms with Gasteiger partial charge in [0.05, 0.1) is 12.5 Å². The van der Waals surface area contributed by atoms with E-state index in [1.165, 1.54) is 0 Å². The predicted octanol–water partition coefficient (Wildman–Crippen LogP) is 3.43. The van der Waals surface area contributed by atoms with Crippen LogP contribution in [0.25, 0.3) is 0 Å². The maximum absolute atomic E-state index is 11.7. The Hall–Kier alpha value is -1.22. The van der Waals surface area contributed by atoms with Gasteiger partial charge in [-0.2, -0.15) is 0 Å². The molecule has 0 aromatic heterocycles. The third-order valence-electron chi connectivity index (χ3n) is 3.64. The Balaban J connectivity index is 1.96. The second-order valence-corrected chi connectivity index (χ2v) is 5.35. The van der Waals surface area contributed by atoms with E-state index in [0.717, 1.165) is 42.2 Å². The minimum Gasteiger partial charge on any atom is -0.466 e. The quantitative estimate of drug-likeness (QED) is 0.795. The van der Waals surface area contributed by atoms with Crippen LogP contribution in [0.15, 0.2) is 18.2 Å². The zero-order chi connectivity index (χ0) is 13.8. The van der Waals surface area contributed by atoms with Crippen LogP contribution in [0.2, 0.25) is 5.02 Å². The number of esters is 1. The van der Waals surface area contributed by atoms with E-state index >= 15 is 0 Å². The van der Waals surface area contributed by atoms with E-state index in [9.17, 15) is 4.79 Å². The first-order valence-corrected chi connectivity index (χ1v) is 7.17. The highest BCUT2D eigenvalue weighted by Crippen LogP contribution is 2.27. The standard InChI is InChI=1S/C15H20ClNO2/c1-3-19-15(18)12-6-8-17(9-7-12)13-5-4-11(2)14(16)10-13/h4-5,10,12H,3,6-9H2,1-2H3. The molecule has 1 fully saturated rings. The summed E-state index contributed by atoms with van der Waals surface area (Å²) in [5, 5.41) is 0.796. The lowest BCUT2D eigenvalue weighted by Gasteiger charge is -2.32. The number of aryl methyl sites for hydroxylation is 1. The first-order valence-electron chi connectivity index (χ1n) is 6.79. The lowest BCUT2D eigenvalue weighted by molar-refractivity contribution is -0.148. The molecule has 104 valence electrons. The van der Waals surface area contributed by atoms with Gasteiger partial charge in [-0.05, 0) is 44.4 Å². The molecule has 0 spiro atoms. The molecule has 1 saturated heterocycles. The van der Waals surface area contributed by atoms with Crippen molar-refractivity contribution >= 4 is 23.3 Å². The Morgan fingerprint density at radius 3 is 2.68 bits per heavy atom. The summed E-state index contributed by atoms with van der Waals surface area (Å²) in [5.41, 5.74) is 2.23. The van der Waals surface area contributed by atoms with Gasteiger partial charge in [0.2, 0.25) is 0 Å². The predicted molar refractivity (Wildman–Crippen MR) is 77.8 cm³/mol. The molecule has 1 aliphatic rings. The maximum Gasteiger partial charge on any atom is 0.309 e. The van der Waals surface area contributed by atoms with Crippen LogP contribution in [0, 0.1) is 12.8 Å². The number of hydrogen-bond acceptors (Lipinski definition) is 3. The molecule has 1 heterocycles. The number of carbonyl (C=O) groups excluding carboxylic acids is 1. The summed E-state index contributed by atoms with van der Waals surface area (Å²) in [6.45, 7) is 6.07. The average molecular weight is 282 g/mol. The van der Waals surface area contributed by atoms with E-state index in [4.69, 9.17) is 16.3 Å². The maximum atomic E-state index is 11.7. The molecule has 1 aliphatic heterocycles. The fourth-order valence-corrected chi connectivity index (χ4v) is 2.59. The number of halogens is 1. The molecule has 19 heavy (non-hydrogen) atoms. The van der Waals surface area contributed by atoms with Crippen molar-refractivity contribution in [1.29, 1.82) is 0 Å². The van der Waals surface area contributed by atoms with Gasteiger partial charge >= 0.3 is 5.97 Å². The van der Waals surface area contributed by atoms with Crippen molar-refractivity contribution in [3.05, 3.63) is 28.8 Å². The summed E-state index contributed by atoms with van der Waals surface area (Å²) >= 11 is 6.15. The zero-order valence-corrected chi connectivity index (χ0v) is 12.2. The Morgan fingerprint density at radius 1 is 1.42 bits per heavy atom. The summed E-state index contributed by atoms with van der Waals surface area (Å²) in [7, 11) is 0. The number of nitrogens with zero attached hydrogens (tertiary/aromatic N) is 1. The van der Waals surface area contributed by atoms with Crippen LogP contribution in [0.1, 0.15) is 25.3 Å². The Labute approximate surface area is 119 Å². The van der Waals surface area contributed by atoms with E-state index in [-0.39, 0.29) is 11.9 Å². The number of carbonyl (C=O) groups is 1. The number of hydrogen-bond donors (Lipinski definition) is 0. The van der Waals surface area contributed by atoms with Gasteiger partial charge in [-0.1, -0.05) is 17.7 Å². The summed E-state index contributed by atoms with van der Waals surface area (Å²) in [6, 6.07) is 6.13. The first-order chi connectivity index (χ1) is 9.11. The molecule has 1 aromatic carbocycles. The Morgan fingerprint density at radius 2 is 2.11 bits per heavy atom. The fourth-order valence-electron chi connectivity index (χ4n) is 2.41. The average Bonchev–Trinajstić information content (AvgIpc) is 2.42. The molecule has 3 nitrogen and oxygen atoms in total. The molecule has 0 radical (unpaired) electrons. The van der Waals surface area contributed by atoms with Crippen LogP contribution >= 0.6 is 11.6 Å². The smallest absolute Gasteiger partial charge is 0.309 e. The second-order valence-electron chi connectivity index (χ2n) is 4.95. The summed E-state index contributed by atoms with van der Waals surface area (Å²) in [6.07, 6.45) is 1.70. The molecule has 4 heteroatoms. The molecule has 2 rings (SSSR count). The third kappa shape index (κ3) is 3.41. The van der Waals surface area contributed by atoms with Gasteiger partial charge in [0.25, 0.3) is 0 Å². The van der Waals surface area contributed by atoms with Crippen LogP contribution in [-0.2, 0) is 9.53 Å². The van der Waals surface area contributed by atoms with Crippen molar-refractivity contribution in [2.24, 2.45) is 5.92 Å². The molecule has 1 aromatic rings. The number of benzene rings is 1. The lowest BCUT2D eigenvalue weighted by atomic mass is 9.96. The normalized spacial score (nSPS) is 16.5. The molecule has 0 amide bonds. The van der Waals surface area contributed by atoms with Gasteiger partial charge in [0.15, 0.2) is 0 Å². The van der Waals surface area contributed by atoms with Crippen molar-refractivity contribution in [2.75, 3.05) is 24.6 Å². The van der Waals surface area contributed by atoms with Crippen LogP contribution in [-0.4, -0.2) is 25.7 Å². The highest BCUT2D eigenvalue weighted by Gasteiger charge is 2.26. The number of piperidine rings is 1. The van der Waals surface area contributed by atoms with E-state index in [1.54, 1.807) is 0 Å². The largest absolute Gasteiger partial charge is 0.466 e. The van der Waals surface area contributed by atoms with Gasteiger partial charge in [0, 0.05) is 23.8 Å². The molecular formula is C15H20ClNO2. The highest BCUT2D eigenvalue weighted by atomic mass is 35.5. The van der Waals surface area contributed by atoms with Crippen LogP contribution in [0.3, 0.4) is 0 Å². The van der Waals surface area contributed by atoms with Crippen molar-refractivity contribution in [3.8, 4) is 0 Å². The van der Waals surface area contributed by atoms with Crippen LogP contribution in [0.4, 0.5) is 5.69 Å². The molecule has 0 saturated carbocycles. The van der Waals surface area contributed by atoms with Crippen molar-refractivity contribution in [1.82, 2.24) is 0 Å². The van der Waals surface area contributed by atoms with E-state index in [1.807, 2.05) is 26.0 Å². The first kappa shape index (κ1) is 14.2. The van der Waals surface area contributed by atoms with E-state index in [0.29, 0.717) is 6.61 Å². The zero-order valence-electron chi connectivity index (χ0n) is 11.5. The molecule has 0 aliphatic carbocycles. The molecule has 0 atom stereocenters. The van der Waals surface area contributed by atoms with Crippen LogP contribution < -0.4 is 4.90 Å². The van der Waals surface area contributed by atoms with Gasteiger partial charge < -0.3 is 9.64 Å². The molecule has 0 unspecified atom stereocenters. The molecule has 0 bridgehead atoms. The topological polar surface area (TPSA) is 29.5 Å². The van der Waals surface area contributed by atoms with Crippen molar-refractivity contribution in [3.63, 3.8) is 0 Å². The summed E-state index contributed by atoms with van der Waals surface area (Å²) in [5.74, 6) is 0.00112. The van der Waals surface area contributed by atoms with Crippen molar-refractivity contribution < 1.29 is 9.53 Å². The van der Waals surface area contributed by atoms with E-state index < -0.39 is 0 Å². The Kier molecular flexibility index (Phi) is 4.70. The number of rotatable bonds is 3. The van der Waals surface area contributed by atoms with Crippen molar-refractivity contribution in [2.45, 2.75) is 26.7 Å². The minimum absolute atomic E-state index is 0.0518. The van der Waals surface area contributed by atoms with E-state index in [2.05, 4.69) is 11.0 Å². The highest BCUT2D eigenvalue weighted by molar-refractivity contribution is 6.31. The van der Waals surface area contributed by atoms with Gasteiger partial charge in [-0.15, -0.1) is 0 Å². The van der Waals surface area contributed by atoms with Gasteiger partial charge in [-0.3, -0.25) is 4.79 Å². The number of anilines is 1. The molecular weight excluding hydrogens is 262 g/mol. The summed E-state index contributed by atoms with van der Waals surface area (Å²) in [4.78, 5) is 14.0. The minimum atomic E-state index is -0.0518. The SMILES string of the molecule is CCOC(=O)C1CCN(c2ccc(C)c(Cl)c2)CC1. The third-order valence-corrected chi connectivity index (χ3v) is 4.04. The fraction of sp³-hybridized carbons (Fsp3) is 0.533. The lowest BCUT2D eigenvalue weighted by Crippen LogP contribution is -2.36. The van der Waals surface area contributed by atoms with Gasteiger partial charge in [0.1, 0.15) is 0 Å². The second kappa shape index (κ2) is 6.29. The molecule has 0 N–H and O–H groups in total.